The van der Waals surface area contributed by atoms with Crippen LogP contribution >= 0.6 is 0 Å². The molecule has 0 spiro atoms. The normalized spacial score (nSPS) is 10.9. The minimum absolute atomic E-state index is 0.00576. The number of rotatable bonds is 7. The molecule has 0 saturated carbocycles. The summed E-state index contributed by atoms with van der Waals surface area (Å²) in [4.78, 5) is 24.2. The monoisotopic (exact) mass is 376 g/mol. The number of carbonyl (C=O) groups is 1. The summed E-state index contributed by atoms with van der Waals surface area (Å²) < 4.78 is 1.84. The highest BCUT2D eigenvalue weighted by molar-refractivity contribution is 5.91. The second kappa shape index (κ2) is 8.77. The van der Waals surface area contributed by atoms with Gasteiger partial charge in [0.1, 0.15) is 0 Å². The molecule has 0 aliphatic carbocycles. The highest BCUT2D eigenvalue weighted by Gasteiger charge is 2.09. The predicted octanol–water partition coefficient (Wildman–Crippen LogP) is 3.51. The Morgan fingerprint density at radius 2 is 1.96 bits per heavy atom. The van der Waals surface area contributed by atoms with Crippen LogP contribution in [0.4, 0.5) is 5.69 Å². The van der Waals surface area contributed by atoms with E-state index in [4.69, 9.17) is 0 Å². The zero-order chi connectivity index (χ0) is 19.9. The van der Waals surface area contributed by atoms with Gasteiger partial charge in [-0.1, -0.05) is 42.5 Å². The fourth-order valence-corrected chi connectivity index (χ4v) is 2.73. The summed E-state index contributed by atoms with van der Waals surface area (Å²) in [5, 5.41) is 15.2. The lowest BCUT2D eigenvalue weighted by molar-refractivity contribution is -0.384. The Labute approximate surface area is 162 Å². The van der Waals surface area contributed by atoms with Crippen molar-refractivity contribution in [3.63, 3.8) is 0 Å². The lowest BCUT2D eigenvalue weighted by Gasteiger charge is -2.13. The van der Waals surface area contributed by atoms with Crippen LogP contribution in [0.25, 0.3) is 6.08 Å². The van der Waals surface area contributed by atoms with E-state index in [2.05, 4.69) is 5.10 Å². The summed E-state index contributed by atoms with van der Waals surface area (Å²) in [6.45, 7) is 1.10. The van der Waals surface area contributed by atoms with E-state index < -0.39 is 4.92 Å². The summed E-state index contributed by atoms with van der Waals surface area (Å²) >= 11 is 0. The maximum Gasteiger partial charge on any atom is 0.270 e. The van der Waals surface area contributed by atoms with Crippen molar-refractivity contribution in [3.05, 3.63) is 99.9 Å². The molecule has 0 unspecified atom stereocenters. The van der Waals surface area contributed by atoms with Crippen LogP contribution < -0.4 is 0 Å². The van der Waals surface area contributed by atoms with Gasteiger partial charge in [-0.05, 0) is 17.2 Å². The van der Waals surface area contributed by atoms with Crippen LogP contribution in [0.3, 0.4) is 0 Å². The van der Waals surface area contributed by atoms with Crippen molar-refractivity contribution in [2.45, 2.75) is 13.1 Å². The Bertz CT molecular complexity index is 996. The SMILES string of the molecule is CN(Cc1cnn(Cc2ccccc2)c1)C(=O)C=Cc1cccc([N+](=O)[O-])c1. The molecular weight excluding hydrogens is 356 g/mol. The number of likely N-dealkylation sites (N-methyl/N-ethyl adjacent to an activating group) is 1. The minimum atomic E-state index is -0.460. The molecule has 0 N–H and O–H groups in total. The van der Waals surface area contributed by atoms with Crippen molar-refractivity contribution >= 4 is 17.7 Å². The number of hydrogen-bond acceptors (Lipinski definition) is 4. The fraction of sp³-hybridized carbons (Fsp3) is 0.143. The molecule has 1 amide bonds. The fourth-order valence-electron chi connectivity index (χ4n) is 2.73. The molecule has 7 heteroatoms. The molecule has 0 aliphatic rings. The first-order valence-electron chi connectivity index (χ1n) is 8.74. The van der Waals surface area contributed by atoms with Gasteiger partial charge in [0.15, 0.2) is 0 Å². The van der Waals surface area contributed by atoms with Gasteiger partial charge in [-0.25, -0.2) is 0 Å². The summed E-state index contributed by atoms with van der Waals surface area (Å²) in [7, 11) is 1.70. The van der Waals surface area contributed by atoms with Gasteiger partial charge in [0.2, 0.25) is 5.91 Å². The second-order valence-electron chi connectivity index (χ2n) is 6.41. The number of benzene rings is 2. The third-order valence-electron chi connectivity index (χ3n) is 4.17. The molecule has 0 bridgehead atoms. The average molecular weight is 376 g/mol. The van der Waals surface area contributed by atoms with E-state index in [-0.39, 0.29) is 11.6 Å². The maximum atomic E-state index is 12.3. The van der Waals surface area contributed by atoms with Crippen LogP contribution in [-0.2, 0) is 17.9 Å². The topological polar surface area (TPSA) is 81.3 Å². The van der Waals surface area contributed by atoms with Gasteiger partial charge in [-0.2, -0.15) is 5.10 Å². The number of hydrogen-bond donors (Lipinski definition) is 0. The van der Waals surface area contributed by atoms with Crippen LogP contribution in [0.1, 0.15) is 16.7 Å². The summed E-state index contributed by atoms with van der Waals surface area (Å²) in [6.07, 6.45) is 6.65. The molecule has 142 valence electrons. The molecule has 28 heavy (non-hydrogen) atoms. The molecule has 0 fully saturated rings. The average Bonchev–Trinajstić information content (AvgIpc) is 3.13. The molecule has 1 aromatic heterocycles. The lowest BCUT2D eigenvalue weighted by Crippen LogP contribution is -2.23. The second-order valence-corrected chi connectivity index (χ2v) is 6.41. The Balaban J connectivity index is 1.58. The molecule has 0 saturated heterocycles. The molecule has 0 atom stereocenters. The first-order valence-corrected chi connectivity index (χ1v) is 8.74. The number of carbonyl (C=O) groups excluding carboxylic acids is 1. The molecule has 7 nitrogen and oxygen atoms in total. The van der Waals surface area contributed by atoms with E-state index in [1.54, 1.807) is 36.4 Å². The zero-order valence-corrected chi connectivity index (χ0v) is 15.4. The predicted molar refractivity (Wildman–Crippen MR) is 106 cm³/mol. The third-order valence-corrected chi connectivity index (χ3v) is 4.17. The number of nitro groups is 1. The van der Waals surface area contributed by atoms with Gasteiger partial charge in [0, 0.05) is 43.6 Å². The van der Waals surface area contributed by atoms with Gasteiger partial charge >= 0.3 is 0 Å². The van der Waals surface area contributed by atoms with E-state index in [0.29, 0.717) is 18.7 Å². The third kappa shape index (κ3) is 5.14. The van der Waals surface area contributed by atoms with E-state index in [1.807, 2.05) is 41.2 Å². The first-order chi connectivity index (χ1) is 13.5. The Hall–Kier alpha value is -3.74. The van der Waals surface area contributed by atoms with Crippen LogP contribution in [0, 0.1) is 10.1 Å². The van der Waals surface area contributed by atoms with E-state index in [9.17, 15) is 14.9 Å². The van der Waals surface area contributed by atoms with Crippen LogP contribution in [0.15, 0.2) is 73.1 Å². The Morgan fingerprint density at radius 3 is 2.71 bits per heavy atom. The van der Waals surface area contributed by atoms with Crippen LogP contribution in [0.2, 0.25) is 0 Å². The van der Waals surface area contributed by atoms with E-state index in [1.165, 1.54) is 18.2 Å². The van der Waals surface area contributed by atoms with Crippen molar-refractivity contribution in [3.8, 4) is 0 Å². The van der Waals surface area contributed by atoms with Crippen molar-refractivity contribution in [2.24, 2.45) is 0 Å². The number of non-ortho nitro benzene ring substituents is 1. The van der Waals surface area contributed by atoms with Gasteiger partial charge in [-0.3, -0.25) is 19.6 Å². The number of aromatic nitrogens is 2. The molecule has 1 heterocycles. The van der Waals surface area contributed by atoms with Gasteiger partial charge < -0.3 is 4.90 Å². The standard InChI is InChI=1S/C21H20N4O3/c1-23(21(26)11-10-17-8-5-9-20(12-17)25(27)28)14-19-13-22-24(16-19)15-18-6-3-2-4-7-18/h2-13,16H,14-15H2,1H3. The summed E-state index contributed by atoms with van der Waals surface area (Å²) in [5.74, 6) is -0.192. The van der Waals surface area contributed by atoms with Gasteiger partial charge in [0.25, 0.3) is 5.69 Å². The minimum Gasteiger partial charge on any atom is -0.338 e. The molecule has 0 radical (unpaired) electrons. The number of nitro benzene ring substituents is 1. The highest BCUT2D eigenvalue weighted by atomic mass is 16.6. The van der Waals surface area contributed by atoms with Crippen molar-refractivity contribution in [1.29, 1.82) is 0 Å². The molecule has 2 aromatic carbocycles. The Morgan fingerprint density at radius 1 is 1.18 bits per heavy atom. The number of amides is 1. The summed E-state index contributed by atoms with van der Waals surface area (Å²) in [6, 6.07) is 16.2. The van der Waals surface area contributed by atoms with Gasteiger partial charge in [0.05, 0.1) is 17.7 Å². The lowest BCUT2D eigenvalue weighted by atomic mass is 10.2. The largest absolute Gasteiger partial charge is 0.338 e. The Kier molecular flexibility index (Phi) is 5.96. The van der Waals surface area contributed by atoms with Crippen LogP contribution in [-0.4, -0.2) is 32.6 Å². The van der Waals surface area contributed by atoms with Gasteiger partial charge in [-0.15, -0.1) is 0 Å². The van der Waals surface area contributed by atoms with E-state index >= 15 is 0 Å². The van der Waals surface area contributed by atoms with Crippen LogP contribution in [0.5, 0.6) is 0 Å². The zero-order valence-electron chi connectivity index (χ0n) is 15.4. The molecule has 3 aromatic rings. The molecule has 3 rings (SSSR count). The first kappa shape index (κ1) is 19.0. The van der Waals surface area contributed by atoms with E-state index in [0.717, 1.165) is 11.1 Å². The smallest absolute Gasteiger partial charge is 0.270 e. The van der Waals surface area contributed by atoms with Crippen molar-refractivity contribution < 1.29 is 9.72 Å². The van der Waals surface area contributed by atoms with Crippen molar-refractivity contribution in [2.75, 3.05) is 7.05 Å². The van der Waals surface area contributed by atoms with Crippen molar-refractivity contribution in [1.82, 2.24) is 14.7 Å². The molecule has 0 aliphatic heterocycles. The highest BCUT2D eigenvalue weighted by Crippen LogP contribution is 2.14. The number of nitrogens with zero attached hydrogens (tertiary/aromatic N) is 4. The summed E-state index contributed by atoms with van der Waals surface area (Å²) in [5.41, 5.74) is 2.68. The molecular formula is C21H20N4O3. The maximum absolute atomic E-state index is 12.3. The quantitative estimate of drug-likeness (QED) is 0.359.